The van der Waals surface area contributed by atoms with Gasteiger partial charge < -0.3 is 14.2 Å². The highest BCUT2D eigenvalue weighted by Gasteiger charge is 2.35. The fourth-order valence-electron chi connectivity index (χ4n) is 3.70. The minimum Gasteiger partial charge on any atom is -0.464 e. The maximum atomic E-state index is 13.5. The molecule has 7 nitrogen and oxygen atoms in total. The van der Waals surface area contributed by atoms with Gasteiger partial charge in [0.25, 0.3) is 0 Å². The maximum Gasteiger partial charge on any atom is 0.348 e. The molecular weight excluding hydrogens is 482 g/mol. The number of hydrogen-bond donors (Lipinski definition) is 0. The Bertz CT molecular complexity index is 1020. The van der Waals surface area contributed by atoms with Gasteiger partial charge in [0.2, 0.25) is 6.10 Å². The van der Waals surface area contributed by atoms with E-state index in [4.69, 9.17) is 14.2 Å². The summed E-state index contributed by atoms with van der Waals surface area (Å²) >= 11 is 0. The Kier molecular flexibility index (Phi) is 11.5. The highest BCUT2D eigenvalue weighted by molar-refractivity contribution is 5.83. The molecule has 0 N–H and O–H groups in total. The molecule has 0 aromatic heterocycles. The lowest BCUT2D eigenvalue weighted by Gasteiger charge is -2.32. The molecule has 0 aliphatic rings. The number of carbonyl (C=O) groups is 3. The Morgan fingerprint density at radius 3 is 1.84 bits per heavy atom. The Hall–Kier alpha value is -3.19. The zero-order valence-corrected chi connectivity index (χ0v) is 23.9. The largest absolute Gasteiger partial charge is 0.464 e. The number of ether oxygens (including phenoxy) is 3. The van der Waals surface area contributed by atoms with Gasteiger partial charge in [0.05, 0.1) is 13.2 Å². The molecule has 0 unspecified atom stereocenters. The molecule has 2 aromatic rings. The van der Waals surface area contributed by atoms with Gasteiger partial charge in [-0.3, -0.25) is 14.5 Å². The number of esters is 3. The van der Waals surface area contributed by atoms with Crippen molar-refractivity contribution in [3.63, 3.8) is 0 Å². The molecule has 2 aromatic carbocycles. The van der Waals surface area contributed by atoms with Crippen molar-refractivity contribution >= 4 is 17.9 Å². The lowest BCUT2D eigenvalue weighted by Crippen LogP contribution is -2.47. The number of nitrogens with zero attached hydrogens (tertiary/aromatic N) is 1. The Labute approximate surface area is 227 Å². The molecule has 0 fully saturated rings. The first-order chi connectivity index (χ1) is 17.7. The second kappa shape index (κ2) is 14.1. The van der Waals surface area contributed by atoms with E-state index in [1.807, 2.05) is 102 Å². The van der Waals surface area contributed by atoms with E-state index in [2.05, 4.69) is 0 Å². The van der Waals surface area contributed by atoms with Crippen LogP contribution in [0.2, 0.25) is 0 Å². The second-order valence-electron chi connectivity index (χ2n) is 12.1. The summed E-state index contributed by atoms with van der Waals surface area (Å²) in [5, 5.41) is 0. The van der Waals surface area contributed by atoms with E-state index in [0.717, 1.165) is 11.1 Å². The van der Waals surface area contributed by atoms with E-state index in [0.29, 0.717) is 6.42 Å². The third-order valence-corrected chi connectivity index (χ3v) is 5.66. The van der Waals surface area contributed by atoms with Crippen molar-refractivity contribution in [2.45, 2.75) is 73.1 Å². The van der Waals surface area contributed by atoms with Crippen LogP contribution in [0.5, 0.6) is 0 Å². The fraction of sp³-hybridized carbons (Fsp3) is 0.516. The Balaban J connectivity index is 2.18. The summed E-state index contributed by atoms with van der Waals surface area (Å²) in [6, 6.07) is 17.9. The van der Waals surface area contributed by atoms with E-state index in [9.17, 15) is 14.4 Å². The van der Waals surface area contributed by atoms with Crippen molar-refractivity contribution in [2.75, 3.05) is 20.2 Å². The normalized spacial score (nSPS) is 13.5. The summed E-state index contributed by atoms with van der Waals surface area (Å²) in [6.07, 6.45) is -0.525. The number of rotatable bonds is 12. The fourth-order valence-corrected chi connectivity index (χ4v) is 3.70. The molecule has 0 spiro atoms. The predicted molar refractivity (Wildman–Crippen MR) is 147 cm³/mol. The van der Waals surface area contributed by atoms with Crippen molar-refractivity contribution in [2.24, 2.45) is 10.8 Å². The van der Waals surface area contributed by atoms with Crippen LogP contribution in [0.3, 0.4) is 0 Å². The monoisotopic (exact) mass is 525 g/mol. The van der Waals surface area contributed by atoms with Gasteiger partial charge in [0, 0.05) is 6.42 Å². The number of likely N-dealkylation sites (N-methyl/N-ethyl adjacent to an activating group) is 1. The van der Waals surface area contributed by atoms with Gasteiger partial charge in [-0.2, -0.15) is 0 Å². The zero-order chi connectivity index (χ0) is 28.3. The maximum absolute atomic E-state index is 13.5. The molecule has 0 aliphatic carbocycles. The van der Waals surface area contributed by atoms with Crippen LogP contribution in [0.1, 0.15) is 59.1 Å². The quantitative estimate of drug-likeness (QED) is 0.278. The third-order valence-electron chi connectivity index (χ3n) is 5.66. The van der Waals surface area contributed by atoms with Gasteiger partial charge in [-0.1, -0.05) is 102 Å². The average Bonchev–Trinajstić information content (AvgIpc) is 2.84. The summed E-state index contributed by atoms with van der Waals surface area (Å²) in [5.41, 5.74) is 1.27. The molecule has 2 atom stereocenters. The molecule has 0 bridgehead atoms. The minimum absolute atomic E-state index is 0.0757. The van der Waals surface area contributed by atoms with Gasteiger partial charge in [-0.25, -0.2) is 4.79 Å². The Morgan fingerprint density at radius 1 is 0.763 bits per heavy atom. The molecule has 0 amide bonds. The van der Waals surface area contributed by atoms with Crippen molar-refractivity contribution < 1.29 is 28.6 Å². The first kappa shape index (κ1) is 31.0. The second-order valence-corrected chi connectivity index (χ2v) is 12.1. The van der Waals surface area contributed by atoms with Crippen molar-refractivity contribution in [3.8, 4) is 0 Å². The van der Waals surface area contributed by atoms with E-state index in [1.54, 1.807) is 11.9 Å². The summed E-state index contributed by atoms with van der Waals surface area (Å²) in [6.45, 7) is 12.2. The summed E-state index contributed by atoms with van der Waals surface area (Å²) in [5.74, 6) is -1.62. The average molecular weight is 526 g/mol. The van der Waals surface area contributed by atoms with Crippen molar-refractivity contribution in [1.29, 1.82) is 0 Å². The van der Waals surface area contributed by atoms with Crippen LogP contribution in [0.15, 0.2) is 60.7 Å². The number of hydrogen-bond acceptors (Lipinski definition) is 7. The van der Waals surface area contributed by atoms with Crippen LogP contribution in [-0.4, -0.2) is 55.2 Å². The molecule has 0 aliphatic heterocycles. The van der Waals surface area contributed by atoms with E-state index < -0.39 is 30.1 Å². The van der Waals surface area contributed by atoms with Crippen molar-refractivity contribution in [1.82, 2.24) is 4.90 Å². The Morgan fingerprint density at radius 2 is 1.32 bits per heavy atom. The molecule has 208 valence electrons. The SMILES string of the molecule is CN(CC(=O)OCC(C)(C)C)[C@@H](CC(C)(C)C)C(=O)O[C@H](Cc1ccccc1)C(=O)OCc1ccccc1. The van der Waals surface area contributed by atoms with E-state index in [1.165, 1.54) is 0 Å². The van der Waals surface area contributed by atoms with Crippen LogP contribution in [0.25, 0.3) is 0 Å². The lowest BCUT2D eigenvalue weighted by atomic mass is 9.87. The van der Waals surface area contributed by atoms with Crippen LogP contribution >= 0.6 is 0 Å². The smallest absolute Gasteiger partial charge is 0.348 e. The number of carbonyl (C=O) groups excluding carboxylic acids is 3. The summed E-state index contributed by atoms with van der Waals surface area (Å²) in [7, 11) is 1.69. The predicted octanol–water partition coefficient (Wildman–Crippen LogP) is 5.21. The highest BCUT2D eigenvalue weighted by Crippen LogP contribution is 2.25. The van der Waals surface area contributed by atoms with Gasteiger partial charge in [-0.05, 0) is 35.4 Å². The molecule has 2 rings (SSSR count). The van der Waals surface area contributed by atoms with E-state index in [-0.39, 0.29) is 37.0 Å². The van der Waals surface area contributed by atoms with Crippen LogP contribution in [0.4, 0.5) is 0 Å². The standard InChI is InChI=1S/C31H43NO6/c1-30(2,3)19-25(32(7)20-27(33)37-22-31(4,5)6)28(34)38-26(18-23-14-10-8-11-15-23)29(35)36-21-24-16-12-9-13-17-24/h8-17,25-26H,18-22H2,1-7H3/t25-,26+/m0/s1. The topological polar surface area (TPSA) is 82.1 Å². The first-order valence-corrected chi connectivity index (χ1v) is 13.0. The lowest BCUT2D eigenvalue weighted by molar-refractivity contribution is -0.173. The summed E-state index contributed by atoms with van der Waals surface area (Å²) in [4.78, 5) is 40.7. The summed E-state index contributed by atoms with van der Waals surface area (Å²) < 4.78 is 16.8. The molecule has 0 heterocycles. The van der Waals surface area contributed by atoms with E-state index >= 15 is 0 Å². The van der Waals surface area contributed by atoms with Gasteiger partial charge in [-0.15, -0.1) is 0 Å². The van der Waals surface area contributed by atoms with Crippen LogP contribution in [0, 0.1) is 10.8 Å². The molecular formula is C31H43NO6. The van der Waals surface area contributed by atoms with Gasteiger partial charge >= 0.3 is 17.9 Å². The molecule has 7 heteroatoms. The van der Waals surface area contributed by atoms with Gasteiger partial charge in [0.1, 0.15) is 12.6 Å². The third kappa shape index (κ3) is 11.9. The minimum atomic E-state index is -1.13. The molecule has 0 saturated carbocycles. The molecule has 38 heavy (non-hydrogen) atoms. The van der Waals surface area contributed by atoms with Crippen molar-refractivity contribution in [3.05, 3.63) is 71.8 Å². The number of benzene rings is 2. The van der Waals surface area contributed by atoms with Crippen LogP contribution in [-0.2, 0) is 41.6 Å². The van der Waals surface area contributed by atoms with Crippen LogP contribution < -0.4 is 0 Å². The highest BCUT2D eigenvalue weighted by atomic mass is 16.6. The first-order valence-electron chi connectivity index (χ1n) is 13.0. The molecule has 0 radical (unpaired) electrons. The molecule has 0 saturated heterocycles. The van der Waals surface area contributed by atoms with Gasteiger partial charge in [0.15, 0.2) is 0 Å². The zero-order valence-electron chi connectivity index (χ0n) is 23.9.